The number of morpholine rings is 1. The molecule has 30 heavy (non-hydrogen) atoms. The molecule has 3 aliphatic rings. The van der Waals surface area contributed by atoms with Crippen LogP contribution in [0.15, 0.2) is 0 Å². The Hall–Kier alpha value is -2.00. The molecule has 9 nitrogen and oxygen atoms in total. The predicted molar refractivity (Wildman–Crippen MR) is 111 cm³/mol. The minimum Gasteiger partial charge on any atom is -0.379 e. The smallest absolute Gasteiger partial charge is 0.276 e. The molecule has 4 rings (SSSR count). The largest absolute Gasteiger partial charge is 0.379 e. The number of amides is 2. The zero-order valence-electron chi connectivity index (χ0n) is 18.3. The second kappa shape index (κ2) is 8.63. The van der Waals surface area contributed by atoms with Gasteiger partial charge in [0.05, 0.1) is 24.3 Å². The molecular formula is C21H34N6O3. The van der Waals surface area contributed by atoms with Crippen molar-refractivity contribution in [2.75, 3.05) is 39.4 Å². The third kappa shape index (κ3) is 3.97. The van der Waals surface area contributed by atoms with Gasteiger partial charge >= 0.3 is 0 Å². The Labute approximate surface area is 177 Å². The molecule has 2 saturated heterocycles. The fourth-order valence-electron chi connectivity index (χ4n) is 5.49. The number of carbonyl (C=O) groups is 2. The number of nitrogens with zero attached hydrogens (tertiary/aromatic N) is 4. The minimum absolute atomic E-state index is 0.0772. The number of aromatic amines is 1. The fourth-order valence-corrected chi connectivity index (χ4v) is 5.49. The summed E-state index contributed by atoms with van der Waals surface area (Å²) in [4.78, 5) is 30.9. The lowest BCUT2D eigenvalue weighted by Gasteiger charge is -2.53. The quantitative estimate of drug-likeness (QED) is 0.755. The summed E-state index contributed by atoms with van der Waals surface area (Å²) in [6.45, 7) is 10.4. The lowest BCUT2D eigenvalue weighted by atomic mass is 9.60. The Morgan fingerprint density at radius 3 is 2.63 bits per heavy atom. The first-order valence-electron chi connectivity index (χ1n) is 11.2. The maximum absolute atomic E-state index is 13.5. The van der Waals surface area contributed by atoms with E-state index in [0.717, 1.165) is 52.0 Å². The summed E-state index contributed by atoms with van der Waals surface area (Å²) in [5, 5.41) is 13.7. The van der Waals surface area contributed by atoms with E-state index in [2.05, 4.69) is 25.6 Å². The van der Waals surface area contributed by atoms with Crippen LogP contribution in [0.2, 0.25) is 0 Å². The van der Waals surface area contributed by atoms with Crippen LogP contribution in [0.25, 0.3) is 0 Å². The number of fused-ring (bicyclic) bond motifs is 1. The van der Waals surface area contributed by atoms with E-state index in [1.807, 2.05) is 18.7 Å². The Kier molecular flexibility index (Phi) is 6.11. The minimum atomic E-state index is -0.529. The summed E-state index contributed by atoms with van der Waals surface area (Å²) < 4.78 is 5.52. The molecule has 2 aliphatic heterocycles. The third-order valence-corrected chi connectivity index (χ3v) is 7.13. The van der Waals surface area contributed by atoms with Gasteiger partial charge in [-0.1, -0.05) is 0 Å². The number of aromatic nitrogens is 3. The van der Waals surface area contributed by atoms with Crippen LogP contribution >= 0.6 is 0 Å². The fraction of sp³-hybridized carbons (Fsp3) is 0.810. The van der Waals surface area contributed by atoms with E-state index < -0.39 is 5.41 Å². The van der Waals surface area contributed by atoms with Crippen molar-refractivity contribution in [3.8, 4) is 0 Å². The molecule has 3 atom stereocenters. The number of likely N-dealkylation sites (tertiary alicyclic amines) is 1. The van der Waals surface area contributed by atoms with Crippen LogP contribution in [0.1, 0.15) is 55.7 Å². The van der Waals surface area contributed by atoms with Gasteiger partial charge in [-0.3, -0.25) is 14.5 Å². The van der Waals surface area contributed by atoms with Gasteiger partial charge in [-0.25, -0.2) is 0 Å². The topological polar surface area (TPSA) is 103 Å². The van der Waals surface area contributed by atoms with Gasteiger partial charge < -0.3 is 15.0 Å². The highest BCUT2D eigenvalue weighted by molar-refractivity contribution is 5.94. The number of aryl methyl sites for hydroxylation is 1. The molecule has 3 heterocycles. The lowest BCUT2D eigenvalue weighted by Crippen LogP contribution is -2.62. The maximum atomic E-state index is 13.5. The summed E-state index contributed by atoms with van der Waals surface area (Å²) >= 11 is 0. The first-order valence-corrected chi connectivity index (χ1v) is 11.2. The Morgan fingerprint density at radius 2 is 1.97 bits per heavy atom. The van der Waals surface area contributed by atoms with E-state index in [9.17, 15) is 9.59 Å². The van der Waals surface area contributed by atoms with Gasteiger partial charge in [0.15, 0.2) is 5.69 Å². The predicted octanol–water partition coefficient (Wildman–Crippen LogP) is 0.971. The maximum Gasteiger partial charge on any atom is 0.276 e. The number of piperidine rings is 1. The van der Waals surface area contributed by atoms with E-state index in [0.29, 0.717) is 30.5 Å². The van der Waals surface area contributed by atoms with Crippen LogP contribution in [-0.2, 0) is 9.53 Å². The number of H-pyrrole nitrogens is 1. The van der Waals surface area contributed by atoms with Crippen LogP contribution in [0.3, 0.4) is 0 Å². The van der Waals surface area contributed by atoms with Crippen LogP contribution in [0.5, 0.6) is 0 Å². The van der Waals surface area contributed by atoms with E-state index in [1.165, 1.54) is 0 Å². The molecule has 166 valence electrons. The average Bonchev–Trinajstić information content (AvgIpc) is 3.18. The standard InChI is InChI=1S/C21H34N6O3/c1-14(2)22-20(29)21-6-4-17(26-8-10-30-11-9-26)12-16(21)5-7-27(13-21)19(28)18-15(3)23-25-24-18/h14,16-17H,4-13H2,1-3H3,(H,22,29)(H,23,24,25)/t16-,17-,21-/m1/s1. The van der Waals surface area contributed by atoms with Gasteiger partial charge in [0, 0.05) is 38.3 Å². The van der Waals surface area contributed by atoms with Gasteiger partial charge in [-0.2, -0.15) is 15.4 Å². The van der Waals surface area contributed by atoms with Gasteiger partial charge in [-0.15, -0.1) is 0 Å². The number of carbonyl (C=O) groups excluding carboxylic acids is 2. The number of hydrogen-bond acceptors (Lipinski definition) is 6. The van der Waals surface area contributed by atoms with Crippen molar-refractivity contribution >= 4 is 11.8 Å². The highest BCUT2D eigenvalue weighted by atomic mass is 16.5. The first-order chi connectivity index (χ1) is 14.4. The monoisotopic (exact) mass is 418 g/mol. The van der Waals surface area contributed by atoms with Crippen LogP contribution in [0, 0.1) is 18.3 Å². The molecule has 1 saturated carbocycles. The molecule has 0 radical (unpaired) electrons. The molecule has 0 spiro atoms. The van der Waals surface area contributed by atoms with Crippen LogP contribution in [0.4, 0.5) is 0 Å². The molecule has 1 aliphatic carbocycles. The first kappa shape index (κ1) is 21.2. The van der Waals surface area contributed by atoms with Crippen molar-refractivity contribution in [3.05, 3.63) is 11.4 Å². The zero-order valence-corrected chi connectivity index (χ0v) is 18.3. The summed E-state index contributed by atoms with van der Waals surface area (Å²) in [6.07, 6.45) is 3.64. The molecule has 9 heteroatoms. The highest BCUT2D eigenvalue weighted by Crippen LogP contribution is 2.48. The number of hydrogen-bond donors (Lipinski definition) is 2. The second-order valence-corrected chi connectivity index (χ2v) is 9.33. The van der Waals surface area contributed by atoms with E-state index in [4.69, 9.17) is 4.74 Å². The van der Waals surface area contributed by atoms with Crippen molar-refractivity contribution in [2.45, 2.75) is 58.5 Å². The van der Waals surface area contributed by atoms with Crippen molar-refractivity contribution in [1.29, 1.82) is 0 Å². The van der Waals surface area contributed by atoms with Gasteiger partial charge in [0.2, 0.25) is 5.91 Å². The normalized spacial score (nSPS) is 30.2. The number of rotatable bonds is 4. The van der Waals surface area contributed by atoms with Gasteiger partial charge in [0.1, 0.15) is 0 Å². The molecule has 3 fully saturated rings. The SMILES string of the molecule is Cc1n[nH]nc1C(=O)N1CC[C@@H]2C[C@H](N3CCOCC3)CC[C@@]2(C(=O)NC(C)C)C1. The summed E-state index contributed by atoms with van der Waals surface area (Å²) in [5.41, 5.74) is 0.423. The second-order valence-electron chi connectivity index (χ2n) is 9.33. The molecule has 2 amide bonds. The van der Waals surface area contributed by atoms with Crippen molar-refractivity contribution in [1.82, 2.24) is 30.5 Å². The molecule has 0 bridgehead atoms. The van der Waals surface area contributed by atoms with E-state index in [1.54, 1.807) is 6.92 Å². The molecule has 0 unspecified atom stereocenters. The van der Waals surface area contributed by atoms with Gasteiger partial charge in [0.25, 0.3) is 5.91 Å². The molecule has 1 aromatic heterocycles. The van der Waals surface area contributed by atoms with Crippen LogP contribution < -0.4 is 5.32 Å². The number of ether oxygens (including phenoxy) is 1. The summed E-state index contributed by atoms with van der Waals surface area (Å²) in [6, 6.07) is 0.576. The molecule has 0 aromatic carbocycles. The summed E-state index contributed by atoms with van der Waals surface area (Å²) in [7, 11) is 0. The molecule has 1 aromatic rings. The number of nitrogens with one attached hydrogen (secondary N) is 2. The van der Waals surface area contributed by atoms with Crippen molar-refractivity contribution < 1.29 is 14.3 Å². The lowest BCUT2D eigenvalue weighted by molar-refractivity contribution is -0.144. The summed E-state index contributed by atoms with van der Waals surface area (Å²) in [5.74, 6) is 0.240. The van der Waals surface area contributed by atoms with Crippen molar-refractivity contribution in [3.63, 3.8) is 0 Å². The Bertz CT molecular complexity index is 775. The molecule has 2 N–H and O–H groups in total. The van der Waals surface area contributed by atoms with E-state index in [-0.39, 0.29) is 23.8 Å². The third-order valence-electron chi connectivity index (χ3n) is 7.13. The Morgan fingerprint density at radius 1 is 1.20 bits per heavy atom. The highest BCUT2D eigenvalue weighted by Gasteiger charge is 2.53. The average molecular weight is 419 g/mol. The Balaban J connectivity index is 1.55. The van der Waals surface area contributed by atoms with Crippen molar-refractivity contribution in [2.24, 2.45) is 11.3 Å². The van der Waals surface area contributed by atoms with Gasteiger partial charge in [-0.05, 0) is 52.4 Å². The van der Waals surface area contributed by atoms with Crippen LogP contribution in [-0.4, -0.2) is 88.5 Å². The zero-order chi connectivity index (χ0) is 21.3. The van der Waals surface area contributed by atoms with E-state index >= 15 is 0 Å². The molecular weight excluding hydrogens is 384 g/mol.